The van der Waals surface area contributed by atoms with E-state index in [1.54, 1.807) is 6.92 Å². The maximum absolute atomic E-state index is 12.9. The quantitative estimate of drug-likeness (QED) is 0.483. The van der Waals surface area contributed by atoms with E-state index in [2.05, 4.69) is 0 Å². The van der Waals surface area contributed by atoms with Gasteiger partial charge < -0.3 is 10.5 Å². The molecule has 1 unspecified atom stereocenters. The lowest BCUT2D eigenvalue weighted by atomic mass is 10.00. The molecule has 0 spiro atoms. The summed E-state index contributed by atoms with van der Waals surface area (Å²) in [6.07, 6.45) is 0.869. The Bertz CT molecular complexity index is 511. The van der Waals surface area contributed by atoms with Crippen LogP contribution in [0.5, 0.6) is 5.75 Å². The number of halogens is 1. The van der Waals surface area contributed by atoms with E-state index in [9.17, 15) is 14.5 Å². The van der Waals surface area contributed by atoms with Crippen LogP contribution >= 0.6 is 0 Å². The lowest BCUT2D eigenvalue weighted by Crippen LogP contribution is -2.34. The zero-order chi connectivity index (χ0) is 14.5. The minimum Gasteiger partial charge on any atom is -0.487 e. The molecule has 1 aromatic rings. The summed E-state index contributed by atoms with van der Waals surface area (Å²) >= 11 is 0. The Morgan fingerprint density at radius 2 is 2.32 bits per heavy atom. The van der Waals surface area contributed by atoms with Crippen molar-refractivity contribution in [3.63, 3.8) is 0 Å². The first-order valence-corrected chi connectivity index (χ1v) is 5.62. The number of benzene rings is 1. The Labute approximate surface area is 109 Å². The molecular formula is C12H14FN3O3. The van der Waals surface area contributed by atoms with Gasteiger partial charge >= 0.3 is 5.69 Å². The van der Waals surface area contributed by atoms with E-state index in [1.807, 2.05) is 6.07 Å². The summed E-state index contributed by atoms with van der Waals surface area (Å²) in [6, 6.07) is 5.04. The smallest absolute Gasteiger partial charge is 0.313 e. The largest absolute Gasteiger partial charge is 0.487 e. The third-order valence-electron chi connectivity index (χ3n) is 2.47. The first-order valence-electron chi connectivity index (χ1n) is 5.62. The van der Waals surface area contributed by atoms with Gasteiger partial charge in [0.15, 0.2) is 5.75 Å². The predicted octanol–water partition coefficient (Wildman–Crippen LogP) is 2.13. The minimum atomic E-state index is -0.946. The molecule has 1 rings (SSSR count). The molecule has 0 amide bonds. The van der Waals surface area contributed by atoms with Crippen LogP contribution in [0, 0.1) is 27.3 Å². The molecule has 0 heterocycles. The van der Waals surface area contributed by atoms with Crippen LogP contribution in [0.15, 0.2) is 18.2 Å². The van der Waals surface area contributed by atoms with Gasteiger partial charge in [-0.05, 0) is 31.9 Å². The van der Waals surface area contributed by atoms with Crippen molar-refractivity contribution in [2.75, 3.05) is 6.61 Å². The van der Waals surface area contributed by atoms with E-state index in [0.717, 1.165) is 12.1 Å². The van der Waals surface area contributed by atoms with E-state index in [1.165, 1.54) is 6.07 Å². The van der Waals surface area contributed by atoms with Crippen LogP contribution in [0.1, 0.15) is 19.8 Å². The highest BCUT2D eigenvalue weighted by Crippen LogP contribution is 2.27. The zero-order valence-electron chi connectivity index (χ0n) is 10.4. The molecule has 0 aliphatic heterocycles. The molecule has 6 nitrogen and oxygen atoms in total. The topological polar surface area (TPSA) is 102 Å². The number of nitrogens with two attached hydrogens (primary N) is 1. The fraction of sp³-hybridized carbons (Fsp3) is 0.417. The number of nitriles is 1. The monoisotopic (exact) mass is 267 g/mol. The first-order chi connectivity index (χ1) is 8.85. The average Bonchev–Trinajstić information content (AvgIpc) is 2.36. The highest BCUT2D eigenvalue weighted by Gasteiger charge is 2.18. The maximum Gasteiger partial charge on any atom is 0.313 e. The van der Waals surface area contributed by atoms with E-state index >= 15 is 0 Å². The summed E-state index contributed by atoms with van der Waals surface area (Å²) in [7, 11) is 0. The summed E-state index contributed by atoms with van der Waals surface area (Å²) < 4.78 is 18.1. The van der Waals surface area contributed by atoms with Gasteiger partial charge in [-0.25, -0.2) is 4.39 Å². The second-order valence-electron chi connectivity index (χ2n) is 4.35. The molecule has 0 aromatic heterocycles. The number of nitro groups is 1. The number of rotatable bonds is 6. The maximum atomic E-state index is 12.9. The number of hydrogen-bond donors (Lipinski definition) is 1. The van der Waals surface area contributed by atoms with Crippen molar-refractivity contribution in [1.82, 2.24) is 0 Å². The highest BCUT2D eigenvalue weighted by molar-refractivity contribution is 5.46. The SMILES string of the molecule is CC(N)(C#N)CCCOc1ccc(F)cc1[N+](=O)[O-]. The number of nitro benzene ring substituents is 1. The van der Waals surface area contributed by atoms with Gasteiger partial charge in [-0.2, -0.15) is 5.26 Å². The summed E-state index contributed by atoms with van der Waals surface area (Å²) in [5.74, 6) is -0.694. The Kier molecular flexibility index (Phi) is 4.78. The van der Waals surface area contributed by atoms with Crippen LogP contribution in [0.3, 0.4) is 0 Å². The summed E-state index contributed by atoms with van der Waals surface area (Å²) in [5, 5.41) is 19.4. The van der Waals surface area contributed by atoms with Gasteiger partial charge in [-0.15, -0.1) is 0 Å². The van der Waals surface area contributed by atoms with Crippen LogP contribution in [-0.4, -0.2) is 17.1 Å². The Morgan fingerprint density at radius 3 is 2.89 bits per heavy atom. The molecule has 0 fully saturated rings. The number of ether oxygens (including phenoxy) is 1. The molecule has 1 aromatic carbocycles. The lowest BCUT2D eigenvalue weighted by molar-refractivity contribution is -0.386. The van der Waals surface area contributed by atoms with Crippen molar-refractivity contribution in [3.05, 3.63) is 34.1 Å². The fourth-order valence-corrected chi connectivity index (χ4v) is 1.43. The first kappa shape index (κ1) is 14.9. The summed E-state index contributed by atoms with van der Waals surface area (Å²) in [4.78, 5) is 10.0. The minimum absolute atomic E-state index is 0.00193. The third kappa shape index (κ3) is 4.52. The van der Waals surface area contributed by atoms with E-state index in [-0.39, 0.29) is 12.4 Å². The molecule has 102 valence electrons. The van der Waals surface area contributed by atoms with Crippen molar-refractivity contribution in [3.8, 4) is 11.8 Å². The lowest BCUT2D eigenvalue weighted by Gasteiger charge is -2.14. The van der Waals surface area contributed by atoms with Crippen LogP contribution in [-0.2, 0) is 0 Å². The van der Waals surface area contributed by atoms with Crippen molar-refractivity contribution >= 4 is 5.69 Å². The van der Waals surface area contributed by atoms with E-state index in [0.29, 0.717) is 12.8 Å². The van der Waals surface area contributed by atoms with Crippen LogP contribution < -0.4 is 10.5 Å². The third-order valence-corrected chi connectivity index (χ3v) is 2.47. The normalized spacial score (nSPS) is 13.4. The average molecular weight is 267 g/mol. The van der Waals surface area contributed by atoms with Gasteiger partial charge in [0.25, 0.3) is 0 Å². The zero-order valence-corrected chi connectivity index (χ0v) is 10.4. The van der Waals surface area contributed by atoms with Gasteiger partial charge in [0.05, 0.1) is 23.7 Å². The molecule has 0 aliphatic rings. The van der Waals surface area contributed by atoms with Crippen LogP contribution in [0.2, 0.25) is 0 Å². The van der Waals surface area contributed by atoms with Crippen molar-refractivity contribution in [1.29, 1.82) is 5.26 Å². The second-order valence-corrected chi connectivity index (χ2v) is 4.35. The van der Waals surface area contributed by atoms with Crippen molar-refractivity contribution in [2.45, 2.75) is 25.3 Å². The summed E-state index contributed by atoms with van der Waals surface area (Å²) in [5.41, 5.74) is 4.25. The molecule has 0 radical (unpaired) electrons. The molecule has 0 saturated carbocycles. The van der Waals surface area contributed by atoms with Crippen molar-refractivity contribution < 1.29 is 14.1 Å². The van der Waals surface area contributed by atoms with E-state index in [4.69, 9.17) is 15.7 Å². The standard InChI is InChI=1S/C12H14FN3O3/c1-12(15,8-14)5-2-6-19-11-4-3-9(13)7-10(11)16(17)18/h3-4,7H,2,5-6,15H2,1H3. The molecule has 0 saturated heterocycles. The molecular weight excluding hydrogens is 253 g/mol. The molecule has 2 N–H and O–H groups in total. The van der Waals surface area contributed by atoms with Gasteiger partial charge in [0.2, 0.25) is 0 Å². The second kappa shape index (κ2) is 6.11. The predicted molar refractivity (Wildman–Crippen MR) is 66.0 cm³/mol. The van der Waals surface area contributed by atoms with Gasteiger partial charge in [-0.1, -0.05) is 0 Å². The molecule has 7 heteroatoms. The van der Waals surface area contributed by atoms with Gasteiger partial charge in [0, 0.05) is 0 Å². The fourth-order valence-electron chi connectivity index (χ4n) is 1.43. The Balaban J connectivity index is 2.59. The Morgan fingerprint density at radius 1 is 1.63 bits per heavy atom. The Hall–Kier alpha value is -2.20. The van der Waals surface area contributed by atoms with Crippen LogP contribution in [0.25, 0.3) is 0 Å². The van der Waals surface area contributed by atoms with Crippen molar-refractivity contribution in [2.24, 2.45) is 5.73 Å². The number of nitrogens with zero attached hydrogens (tertiary/aromatic N) is 2. The highest BCUT2D eigenvalue weighted by atomic mass is 19.1. The van der Waals surface area contributed by atoms with Gasteiger partial charge in [-0.3, -0.25) is 10.1 Å². The molecule has 0 bridgehead atoms. The molecule has 1 atom stereocenters. The summed E-state index contributed by atoms with van der Waals surface area (Å²) in [6.45, 7) is 1.76. The molecule has 0 aliphatic carbocycles. The van der Waals surface area contributed by atoms with Gasteiger partial charge in [0.1, 0.15) is 11.4 Å². The van der Waals surface area contributed by atoms with E-state index < -0.39 is 22.0 Å². The molecule has 19 heavy (non-hydrogen) atoms. The van der Waals surface area contributed by atoms with Crippen LogP contribution in [0.4, 0.5) is 10.1 Å². The number of hydrogen-bond acceptors (Lipinski definition) is 5.